The van der Waals surface area contributed by atoms with Crippen molar-refractivity contribution in [3.05, 3.63) is 33.8 Å². The Morgan fingerprint density at radius 2 is 2.06 bits per heavy atom. The summed E-state index contributed by atoms with van der Waals surface area (Å²) in [6.45, 7) is 3.98. The fourth-order valence-corrected chi connectivity index (χ4v) is 3.37. The van der Waals surface area contributed by atoms with Gasteiger partial charge in [0, 0.05) is 10.9 Å². The van der Waals surface area contributed by atoms with E-state index in [1.54, 1.807) is 6.92 Å². The Labute approximate surface area is 117 Å². The number of carbonyl (C=O) groups is 1. The molecular formula is C15H20BrNO. The van der Waals surface area contributed by atoms with Crippen molar-refractivity contribution in [1.82, 2.24) is 4.90 Å². The van der Waals surface area contributed by atoms with Crippen LogP contribution in [0.2, 0.25) is 0 Å². The summed E-state index contributed by atoms with van der Waals surface area (Å²) in [7, 11) is 2.18. The number of piperidine rings is 1. The third kappa shape index (κ3) is 3.42. The number of hydrogen-bond donors (Lipinski definition) is 0. The molecule has 1 aromatic rings. The Morgan fingerprint density at radius 1 is 1.39 bits per heavy atom. The summed E-state index contributed by atoms with van der Waals surface area (Å²) in [4.78, 5) is 13.5. The summed E-state index contributed by atoms with van der Waals surface area (Å²) in [5.41, 5.74) is 2.50. The summed E-state index contributed by atoms with van der Waals surface area (Å²) in [5.74, 6) is 0.871. The van der Waals surface area contributed by atoms with E-state index in [0.717, 1.165) is 10.0 Å². The van der Waals surface area contributed by atoms with Crippen LogP contribution in [0.4, 0.5) is 0 Å². The van der Waals surface area contributed by atoms with Crippen LogP contribution in [0.25, 0.3) is 0 Å². The van der Waals surface area contributed by atoms with E-state index < -0.39 is 0 Å². The van der Waals surface area contributed by atoms with Gasteiger partial charge in [0.05, 0.1) is 0 Å². The van der Waals surface area contributed by atoms with Crippen LogP contribution >= 0.6 is 15.9 Å². The Hall–Kier alpha value is -0.670. The molecule has 3 heteroatoms. The van der Waals surface area contributed by atoms with E-state index in [1.165, 1.54) is 31.5 Å². The highest BCUT2D eigenvalue weighted by molar-refractivity contribution is 9.10. The van der Waals surface area contributed by atoms with E-state index in [2.05, 4.69) is 46.1 Å². The van der Waals surface area contributed by atoms with E-state index >= 15 is 0 Å². The van der Waals surface area contributed by atoms with Crippen molar-refractivity contribution >= 4 is 21.7 Å². The summed E-state index contributed by atoms with van der Waals surface area (Å²) >= 11 is 3.66. The topological polar surface area (TPSA) is 20.3 Å². The molecule has 1 heterocycles. The molecule has 0 N–H and O–H groups in total. The monoisotopic (exact) mass is 309 g/mol. The van der Waals surface area contributed by atoms with Gasteiger partial charge in [-0.2, -0.15) is 0 Å². The zero-order valence-corrected chi connectivity index (χ0v) is 12.7. The van der Waals surface area contributed by atoms with Gasteiger partial charge >= 0.3 is 0 Å². The van der Waals surface area contributed by atoms with Crippen molar-refractivity contribution in [2.45, 2.75) is 32.1 Å². The van der Waals surface area contributed by atoms with Crippen molar-refractivity contribution in [3.8, 4) is 0 Å². The van der Waals surface area contributed by atoms with E-state index in [9.17, 15) is 4.79 Å². The number of rotatable bonds is 3. The van der Waals surface area contributed by atoms with E-state index in [0.29, 0.717) is 12.3 Å². The summed E-state index contributed by atoms with van der Waals surface area (Å²) in [6.07, 6.45) is 2.98. The first-order valence-corrected chi connectivity index (χ1v) is 7.32. The van der Waals surface area contributed by atoms with Crippen molar-refractivity contribution in [3.63, 3.8) is 0 Å². The van der Waals surface area contributed by atoms with Gasteiger partial charge in [0.2, 0.25) is 0 Å². The average Bonchev–Trinajstić information content (AvgIpc) is 2.30. The number of Topliss-reactive ketones (excluding diaryl/α,β-unsaturated/α-hetero) is 1. The molecule has 1 aromatic carbocycles. The number of halogens is 1. The lowest BCUT2D eigenvalue weighted by atomic mass is 9.89. The van der Waals surface area contributed by atoms with Crippen LogP contribution in [-0.2, 0) is 11.2 Å². The van der Waals surface area contributed by atoms with Crippen LogP contribution in [0.5, 0.6) is 0 Å². The van der Waals surface area contributed by atoms with Gasteiger partial charge in [-0.1, -0.05) is 28.1 Å². The highest BCUT2D eigenvalue weighted by atomic mass is 79.9. The number of ketones is 1. The number of benzene rings is 1. The van der Waals surface area contributed by atoms with Crippen molar-refractivity contribution in [2.75, 3.05) is 20.1 Å². The molecule has 0 bridgehead atoms. The Bertz CT molecular complexity index is 436. The molecule has 0 atom stereocenters. The molecule has 0 amide bonds. The van der Waals surface area contributed by atoms with E-state index in [4.69, 9.17) is 0 Å². The molecule has 0 aromatic heterocycles. The standard InChI is InChI=1S/C15H20BrNO/c1-11(18)9-12-3-4-14(15(16)10-12)13-5-7-17(2)8-6-13/h3-4,10,13H,5-9H2,1-2H3. The number of hydrogen-bond acceptors (Lipinski definition) is 2. The SMILES string of the molecule is CC(=O)Cc1ccc(C2CCN(C)CC2)c(Br)c1. The van der Waals surface area contributed by atoms with Crippen molar-refractivity contribution < 1.29 is 4.79 Å². The van der Waals surface area contributed by atoms with Crippen LogP contribution in [0, 0.1) is 0 Å². The maximum absolute atomic E-state index is 11.1. The molecular weight excluding hydrogens is 290 g/mol. The molecule has 0 radical (unpaired) electrons. The highest BCUT2D eigenvalue weighted by Gasteiger charge is 2.20. The first-order valence-electron chi connectivity index (χ1n) is 6.52. The lowest BCUT2D eigenvalue weighted by molar-refractivity contribution is -0.116. The van der Waals surface area contributed by atoms with Gasteiger partial charge in [-0.3, -0.25) is 4.79 Å². The predicted octanol–water partition coefficient (Wildman–Crippen LogP) is 3.39. The van der Waals surface area contributed by atoms with Gasteiger partial charge in [-0.25, -0.2) is 0 Å². The molecule has 0 saturated carbocycles. The van der Waals surface area contributed by atoms with E-state index in [1.807, 2.05) is 0 Å². The molecule has 1 aliphatic heterocycles. The van der Waals surface area contributed by atoms with Gasteiger partial charge in [0.25, 0.3) is 0 Å². The molecule has 1 aliphatic rings. The van der Waals surface area contributed by atoms with Gasteiger partial charge in [-0.05, 0) is 63.0 Å². The maximum atomic E-state index is 11.1. The number of nitrogens with zero attached hydrogens (tertiary/aromatic N) is 1. The van der Waals surface area contributed by atoms with Gasteiger partial charge in [0.15, 0.2) is 0 Å². The second kappa shape index (κ2) is 5.98. The number of carbonyl (C=O) groups excluding carboxylic acids is 1. The first kappa shape index (κ1) is 13.8. The Balaban J connectivity index is 2.12. The predicted molar refractivity (Wildman–Crippen MR) is 78.0 cm³/mol. The summed E-state index contributed by atoms with van der Waals surface area (Å²) < 4.78 is 1.16. The molecule has 2 rings (SSSR count). The molecule has 1 fully saturated rings. The lowest BCUT2D eigenvalue weighted by Gasteiger charge is -2.29. The Morgan fingerprint density at radius 3 is 2.61 bits per heavy atom. The molecule has 1 saturated heterocycles. The maximum Gasteiger partial charge on any atom is 0.134 e. The average molecular weight is 310 g/mol. The molecule has 18 heavy (non-hydrogen) atoms. The second-order valence-corrected chi connectivity index (χ2v) is 6.17. The fraction of sp³-hybridized carbons (Fsp3) is 0.533. The minimum atomic E-state index is 0.217. The molecule has 98 valence electrons. The molecule has 2 nitrogen and oxygen atoms in total. The van der Waals surface area contributed by atoms with Crippen molar-refractivity contribution in [2.24, 2.45) is 0 Å². The number of likely N-dealkylation sites (tertiary alicyclic amines) is 1. The molecule has 0 aliphatic carbocycles. The third-order valence-electron chi connectivity index (χ3n) is 3.68. The highest BCUT2D eigenvalue weighted by Crippen LogP contribution is 2.33. The van der Waals surface area contributed by atoms with Gasteiger partial charge in [-0.15, -0.1) is 0 Å². The first-order chi connectivity index (χ1) is 8.56. The largest absolute Gasteiger partial charge is 0.306 e. The molecule has 0 spiro atoms. The minimum absolute atomic E-state index is 0.217. The van der Waals surface area contributed by atoms with Crippen LogP contribution in [-0.4, -0.2) is 30.8 Å². The lowest BCUT2D eigenvalue weighted by Crippen LogP contribution is -2.29. The fourth-order valence-electron chi connectivity index (χ4n) is 2.62. The van der Waals surface area contributed by atoms with Gasteiger partial charge < -0.3 is 4.90 Å². The van der Waals surface area contributed by atoms with E-state index in [-0.39, 0.29) is 5.78 Å². The summed E-state index contributed by atoms with van der Waals surface area (Å²) in [5, 5.41) is 0. The normalized spacial score (nSPS) is 17.9. The third-order valence-corrected chi connectivity index (χ3v) is 4.36. The van der Waals surface area contributed by atoms with Gasteiger partial charge in [0.1, 0.15) is 5.78 Å². The second-order valence-electron chi connectivity index (χ2n) is 5.31. The van der Waals surface area contributed by atoms with Crippen LogP contribution < -0.4 is 0 Å². The quantitative estimate of drug-likeness (QED) is 0.853. The van der Waals surface area contributed by atoms with Crippen LogP contribution in [0.15, 0.2) is 22.7 Å². The van der Waals surface area contributed by atoms with Crippen LogP contribution in [0.1, 0.15) is 36.8 Å². The minimum Gasteiger partial charge on any atom is -0.306 e. The zero-order valence-electron chi connectivity index (χ0n) is 11.1. The smallest absolute Gasteiger partial charge is 0.134 e. The Kier molecular flexibility index (Phi) is 4.57. The van der Waals surface area contributed by atoms with Crippen molar-refractivity contribution in [1.29, 1.82) is 0 Å². The van der Waals surface area contributed by atoms with Crippen LogP contribution in [0.3, 0.4) is 0 Å². The zero-order chi connectivity index (χ0) is 13.1. The molecule has 0 unspecified atom stereocenters. The summed E-state index contributed by atoms with van der Waals surface area (Å²) in [6, 6.07) is 6.40.